The maximum atomic E-state index is 11.0. The zero-order chi connectivity index (χ0) is 14.8. The molecule has 1 fully saturated rings. The molecule has 0 aromatic carbocycles. The van der Waals surface area contributed by atoms with Gasteiger partial charge in [0, 0.05) is 30.8 Å². The van der Waals surface area contributed by atoms with Gasteiger partial charge in [0.25, 0.3) is 0 Å². The molecule has 0 bridgehead atoms. The lowest BCUT2D eigenvalue weighted by molar-refractivity contribution is -0.120. The fourth-order valence-corrected chi connectivity index (χ4v) is 2.58. The predicted octanol–water partition coefficient (Wildman–Crippen LogP) is 1.24. The summed E-state index contributed by atoms with van der Waals surface area (Å²) in [7, 11) is 0. The third kappa shape index (κ3) is 5.63. The number of hydrogen-bond donors (Lipinski definition) is 0. The Kier molecular flexibility index (Phi) is 7.77. The zero-order valence-electron chi connectivity index (χ0n) is 11.8. The lowest BCUT2D eigenvalue weighted by Gasteiger charge is -2.23. The van der Waals surface area contributed by atoms with E-state index in [1.807, 2.05) is 0 Å². The smallest absolute Gasteiger partial charge is 0.209 e. The Labute approximate surface area is 119 Å². The van der Waals surface area contributed by atoms with Gasteiger partial charge in [-0.1, -0.05) is 0 Å². The van der Waals surface area contributed by atoms with Crippen LogP contribution in [0.15, 0.2) is 0 Å². The van der Waals surface area contributed by atoms with Gasteiger partial charge in [-0.25, -0.2) is 0 Å². The maximum absolute atomic E-state index is 11.0. The van der Waals surface area contributed by atoms with Crippen molar-refractivity contribution in [3.63, 3.8) is 0 Å². The minimum atomic E-state index is -0.0961. The summed E-state index contributed by atoms with van der Waals surface area (Å²) < 4.78 is 0. The van der Waals surface area contributed by atoms with E-state index < -0.39 is 0 Å². The van der Waals surface area contributed by atoms with Crippen LogP contribution < -0.4 is 0 Å². The minimum absolute atomic E-state index is 0.0681. The quantitative estimate of drug-likeness (QED) is 0.727. The number of carbonyl (C=O) groups excluding carboxylic acids is 4. The van der Waals surface area contributed by atoms with Crippen molar-refractivity contribution >= 4 is 25.3 Å². The molecule has 1 rings (SSSR count). The highest BCUT2D eigenvalue weighted by molar-refractivity contribution is 5.56. The monoisotopic (exact) mass is 281 g/mol. The van der Waals surface area contributed by atoms with E-state index in [4.69, 9.17) is 0 Å². The van der Waals surface area contributed by atoms with Gasteiger partial charge in [-0.3, -0.25) is 4.79 Å². The summed E-state index contributed by atoms with van der Waals surface area (Å²) in [6, 6.07) is 0. The molecule has 2 atom stereocenters. The highest BCUT2D eigenvalue weighted by Crippen LogP contribution is 2.21. The van der Waals surface area contributed by atoms with Crippen molar-refractivity contribution in [2.24, 2.45) is 17.8 Å². The van der Waals surface area contributed by atoms with Gasteiger partial charge in [0.15, 0.2) is 0 Å². The van der Waals surface area contributed by atoms with Gasteiger partial charge in [0.1, 0.15) is 18.9 Å². The van der Waals surface area contributed by atoms with E-state index in [0.717, 1.165) is 25.3 Å². The fraction of sp³-hybridized carbons (Fsp3) is 0.733. The van der Waals surface area contributed by atoms with Gasteiger partial charge in [-0.15, -0.1) is 0 Å². The van der Waals surface area contributed by atoms with Crippen molar-refractivity contribution in [2.75, 3.05) is 13.1 Å². The molecule has 0 aromatic heterocycles. The van der Waals surface area contributed by atoms with Crippen LogP contribution in [0.3, 0.4) is 0 Å². The molecule has 1 aliphatic rings. The van der Waals surface area contributed by atoms with E-state index in [1.165, 1.54) is 0 Å². The molecule has 5 heteroatoms. The molecule has 2 unspecified atom stereocenters. The summed E-state index contributed by atoms with van der Waals surface area (Å²) in [4.78, 5) is 45.7. The van der Waals surface area contributed by atoms with Crippen LogP contribution in [0.2, 0.25) is 0 Å². The normalized spacial score (nSPS) is 29.6. The summed E-state index contributed by atoms with van der Waals surface area (Å²) in [6.45, 7) is 1.06. The minimum Gasteiger partial charge on any atom is -0.345 e. The van der Waals surface area contributed by atoms with Crippen LogP contribution in [-0.4, -0.2) is 43.3 Å². The second kappa shape index (κ2) is 9.39. The molecule has 1 aliphatic heterocycles. The number of carbonyl (C=O) groups is 4. The second-order valence-corrected chi connectivity index (χ2v) is 5.56. The Morgan fingerprint density at radius 2 is 0.950 bits per heavy atom. The number of hydrogen-bond acceptors (Lipinski definition) is 4. The molecule has 1 amide bonds. The van der Waals surface area contributed by atoms with Crippen LogP contribution in [0.5, 0.6) is 0 Å². The van der Waals surface area contributed by atoms with Gasteiger partial charge >= 0.3 is 0 Å². The Morgan fingerprint density at radius 3 is 1.25 bits per heavy atom. The number of amides is 1. The SMILES string of the molecule is O=CC1CCC(C=O)CCN(C=O)CCC(C=O)CC1. The van der Waals surface area contributed by atoms with Gasteiger partial charge in [0.05, 0.1) is 0 Å². The topological polar surface area (TPSA) is 71.5 Å². The predicted molar refractivity (Wildman–Crippen MR) is 74.0 cm³/mol. The van der Waals surface area contributed by atoms with Gasteiger partial charge in [-0.05, 0) is 38.5 Å². The van der Waals surface area contributed by atoms with Crippen molar-refractivity contribution < 1.29 is 19.2 Å². The van der Waals surface area contributed by atoms with Crippen LogP contribution in [0.1, 0.15) is 38.5 Å². The van der Waals surface area contributed by atoms with E-state index in [9.17, 15) is 19.2 Å². The molecular formula is C15H23NO4. The van der Waals surface area contributed by atoms with Gasteiger partial charge < -0.3 is 19.3 Å². The van der Waals surface area contributed by atoms with Crippen LogP contribution in [0.4, 0.5) is 0 Å². The van der Waals surface area contributed by atoms with E-state index in [0.29, 0.717) is 51.6 Å². The first-order valence-electron chi connectivity index (χ1n) is 7.28. The molecule has 1 saturated heterocycles. The first kappa shape index (κ1) is 16.5. The van der Waals surface area contributed by atoms with Crippen molar-refractivity contribution in [3.8, 4) is 0 Å². The molecule has 1 heterocycles. The van der Waals surface area contributed by atoms with E-state index in [-0.39, 0.29) is 17.8 Å². The summed E-state index contributed by atoms with van der Waals surface area (Å²) in [5.41, 5.74) is 0. The molecule has 5 nitrogen and oxygen atoms in total. The van der Waals surface area contributed by atoms with Gasteiger partial charge in [-0.2, -0.15) is 0 Å². The van der Waals surface area contributed by atoms with Gasteiger partial charge in [0.2, 0.25) is 6.41 Å². The first-order chi connectivity index (χ1) is 9.73. The Morgan fingerprint density at radius 1 is 0.600 bits per heavy atom. The van der Waals surface area contributed by atoms with Crippen molar-refractivity contribution in [1.82, 2.24) is 4.90 Å². The number of nitrogens with zero attached hydrogens (tertiary/aromatic N) is 1. The molecular weight excluding hydrogens is 258 g/mol. The summed E-state index contributed by atoms with van der Waals surface area (Å²) in [5, 5.41) is 0. The lowest BCUT2D eigenvalue weighted by atomic mass is 9.88. The van der Waals surface area contributed by atoms with Crippen molar-refractivity contribution in [2.45, 2.75) is 38.5 Å². The molecule has 20 heavy (non-hydrogen) atoms. The fourth-order valence-electron chi connectivity index (χ4n) is 2.58. The molecule has 0 aromatic rings. The Bertz CT molecular complexity index is 252. The average Bonchev–Trinajstić information content (AvgIpc) is 2.48. The average molecular weight is 281 g/mol. The Hall–Kier alpha value is -1.52. The number of aldehydes is 3. The third-order valence-corrected chi connectivity index (χ3v) is 4.12. The largest absolute Gasteiger partial charge is 0.345 e. The van der Waals surface area contributed by atoms with Crippen LogP contribution in [0.25, 0.3) is 0 Å². The molecule has 0 aliphatic carbocycles. The standard InChI is InChI=1S/C15H23NO4/c17-9-13-1-3-14(10-18)5-7-16(12-20)8-6-15(11-19)4-2-13/h9-15H,1-8H2. The van der Waals surface area contributed by atoms with E-state index in [1.54, 1.807) is 4.90 Å². The molecule has 0 N–H and O–H groups in total. The van der Waals surface area contributed by atoms with Crippen molar-refractivity contribution in [3.05, 3.63) is 0 Å². The highest BCUT2D eigenvalue weighted by Gasteiger charge is 2.18. The summed E-state index contributed by atoms with van der Waals surface area (Å²) in [5.74, 6) is -0.260. The molecule has 0 spiro atoms. The van der Waals surface area contributed by atoms with Crippen LogP contribution in [0, 0.1) is 17.8 Å². The van der Waals surface area contributed by atoms with Crippen LogP contribution in [-0.2, 0) is 19.2 Å². The van der Waals surface area contributed by atoms with Crippen LogP contribution >= 0.6 is 0 Å². The Balaban J connectivity index is 2.67. The summed E-state index contributed by atoms with van der Waals surface area (Å²) in [6.07, 6.45) is 7.52. The highest BCUT2D eigenvalue weighted by atomic mass is 16.1. The summed E-state index contributed by atoms with van der Waals surface area (Å²) >= 11 is 0. The second-order valence-electron chi connectivity index (χ2n) is 5.56. The molecule has 0 radical (unpaired) electrons. The maximum Gasteiger partial charge on any atom is 0.209 e. The molecule has 112 valence electrons. The van der Waals surface area contributed by atoms with Crippen molar-refractivity contribution in [1.29, 1.82) is 0 Å². The number of rotatable bonds is 4. The van der Waals surface area contributed by atoms with E-state index in [2.05, 4.69) is 0 Å². The molecule has 0 saturated carbocycles. The lowest BCUT2D eigenvalue weighted by Crippen LogP contribution is -2.28. The van der Waals surface area contributed by atoms with E-state index >= 15 is 0 Å². The zero-order valence-corrected chi connectivity index (χ0v) is 11.8. The third-order valence-electron chi connectivity index (χ3n) is 4.12. The first-order valence-corrected chi connectivity index (χ1v) is 7.28.